The number of β-lactam (4-membered cyclic amide) rings is 1. The molecule has 1 aromatic heterocycles. The number of nitrogens with one attached hydrogen (secondary N) is 1. The van der Waals surface area contributed by atoms with E-state index in [1.165, 1.54) is 52.3 Å². The predicted octanol–water partition coefficient (Wildman–Crippen LogP) is 3.41. The average Bonchev–Trinajstić information content (AvgIpc) is 3.37. The molecule has 2 aliphatic rings. The Kier molecular flexibility index (Phi) is 8.25. The van der Waals surface area contributed by atoms with Gasteiger partial charge in [0.05, 0.1) is 11.3 Å². The van der Waals surface area contributed by atoms with E-state index in [2.05, 4.69) is 5.32 Å². The molecule has 1 fully saturated rings. The van der Waals surface area contributed by atoms with Gasteiger partial charge >= 0.3 is 12.1 Å². The molecular formula is C25H25N3O9S2. The van der Waals surface area contributed by atoms with E-state index in [1.54, 1.807) is 20.8 Å². The topological polar surface area (TPSA) is 154 Å². The number of fused-ring (bicyclic) bond motifs is 1. The molecule has 12 nitrogen and oxygen atoms in total. The van der Waals surface area contributed by atoms with Crippen LogP contribution in [-0.4, -0.2) is 63.1 Å². The highest BCUT2D eigenvalue weighted by Crippen LogP contribution is 2.41. The summed E-state index contributed by atoms with van der Waals surface area (Å²) in [6.07, 6.45) is -0.954. The van der Waals surface area contributed by atoms with E-state index in [0.29, 0.717) is 5.57 Å². The van der Waals surface area contributed by atoms with Crippen molar-refractivity contribution in [3.05, 3.63) is 68.0 Å². The minimum absolute atomic E-state index is 0.0316. The molecule has 0 spiro atoms. The first-order valence-corrected chi connectivity index (χ1v) is 13.7. The third-order valence-electron chi connectivity index (χ3n) is 5.48. The molecule has 0 saturated carbocycles. The predicted molar refractivity (Wildman–Crippen MR) is 141 cm³/mol. The van der Waals surface area contributed by atoms with Crippen molar-refractivity contribution in [2.75, 3.05) is 12.4 Å². The normalized spacial score (nSPS) is 18.5. The van der Waals surface area contributed by atoms with Crippen molar-refractivity contribution in [3.8, 4) is 5.75 Å². The number of nitro groups is 1. The fourth-order valence-corrected chi connectivity index (χ4v) is 5.84. The van der Waals surface area contributed by atoms with Crippen molar-refractivity contribution in [1.29, 1.82) is 0 Å². The number of hydrogen-bond acceptors (Lipinski definition) is 11. The van der Waals surface area contributed by atoms with Crippen molar-refractivity contribution in [2.45, 2.75) is 44.2 Å². The van der Waals surface area contributed by atoms with Crippen molar-refractivity contribution < 1.29 is 38.3 Å². The summed E-state index contributed by atoms with van der Waals surface area (Å²) < 4.78 is 15.7. The summed E-state index contributed by atoms with van der Waals surface area (Å²) in [6, 6.07) is 7.70. The van der Waals surface area contributed by atoms with Gasteiger partial charge in [-0.2, -0.15) is 0 Å². The second-order valence-electron chi connectivity index (χ2n) is 9.56. The second kappa shape index (κ2) is 11.5. The number of non-ortho nitro benzene ring substituents is 1. The molecule has 1 saturated heterocycles. The summed E-state index contributed by atoms with van der Waals surface area (Å²) >= 11 is 2.75. The minimum Gasteiger partial charge on any atom is -0.455 e. The molecule has 3 heterocycles. The van der Waals surface area contributed by atoms with Crippen LogP contribution in [0.4, 0.5) is 10.5 Å². The molecule has 1 N–H and O–H groups in total. The van der Waals surface area contributed by atoms with E-state index in [9.17, 15) is 29.3 Å². The average molecular weight is 576 g/mol. The van der Waals surface area contributed by atoms with Crippen LogP contribution in [0.15, 0.2) is 53.0 Å². The van der Waals surface area contributed by atoms with E-state index in [0.717, 1.165) is 4.88 Å². The number of esters is 1. The molecule has 14 heteroatoms. The van der Waals surface area contributed by atoms with Gasteiger partial charge in [0, 0.05) is 28.3 Å². The number of thiophene rings is 1. The van der Waals surface area contributed by atoms with E-state index in [-0.39, 0.29) is 41.8 Å². The highest BCUT2D eigenvalue weighted by Gasteiger charge is 2.54. The van der Waals surface area contributed by atoms with Gasteiger partial charge in [0.25, 0.3) is 11.6 Å². The van der Waals surface area contributed by atoms with Crippen molar-refractivity contribution >= 4 is 52.7 Å². The van der Waals surface area contributed by atoms with Gasteiger partial charge in [-0.1, -0.05) is 6.07 Å². The minimum atomic E-state index is -1.10. The van der Waals surface area contributed by atoms with Crippen LogP contribution in [0.1, 0.15) is 25.6 Å². The van der Waals surface area contributed by atoms with Crippen molar-refractivity contribution in [1.82, 2.24) is 10.2 Å². The number of amides is 2. The molecule has 2 aliphatic heterocycles. The van der Waals surface area contributed by atoms with Crippen LogP contribution in [0.2, 0.25) is 0 Å². The number of rotatable bonds is 8. The highest BCUT2D eigenvalue weighted by atomic mass is 32.2. The van der Waals surface area contributed by atoms with Gasteiger partial charge in [0.2, 0.25) is 5.91 Å². The number of carbonyl (C=O) groups excluding carboxylic acids is 4. The number of hydrogen-bond donors (Lipinski definition) is 1. The number of benzene rings is 1. The van der Waals surface area contributed by atoms with Gasteiger partial charge in [-0.15, -0.1) is 23.1 Å². The Labute approximate surface area is 231 Å². The SMILES string of the molecule is CC(C)(C)OC(=O)C1=C(COC(=O)Oc2ccc([N+](=O)[O-])cc2)CS[C@@H]2[C@H](NC(=O)Cc3cccs3)C(=O)N12. The quantitative estimate of drug-likeness (QED) is 0.163. The first kappa shape index (κ1) is 28.1. The zero-order valence-electron chi connectivity index (χ0n) is 21.2. The van der Waals surface area contributed by atoms with Crippen LogP contribution in [0, 0.1) is 10.1 Å². The Hall–Kier alpha value is -3.91. The maximum Gasteiger partial charge on any atom is 0.514 e. The maximum atomic E-state index is 13.1. The third kappa shape index (κ3) is 6.75. The molecule has 0 aliphatic carbocycles. The standard InChI is InChI=1S/C25H25N3O9S2/c1-25(2,3)37-23(31)20-14(12-35-24(32)36-16-8-6-15(7-9-16)28(33)34)13-39-22-19(21(30)27(20)22)26-18(29)11-17-5-4-10-38-17/h4-10,19,22H,11-13H2,1-3H3,(H,26,29)/t19-,22-/m1/s1. The fraction of sp³-hybridized carbons (Fsp3) is 0.360. The molecule has 4 rings (SSSR count). The van der Waals surface area contributed by atoms with Crippen molar-refractivity contribution in [3.63, 3.8) is 0 Å². The Balaban J connectivity index is 1.45. The number of ether oxygens (including phenoxy) is 3. The third-order valence-corrected chi connectivity index (χ3v) is 7.70. The molecular weight excluding hydrogens is 550 g/mol. The zero-order valence-corrected chi connectivity index (χ0v) is 22.8. The van der Waals surface area contributed by atoms with E-state index in [1.807, 2.05) is 17.5 Å². The largest absolute Gasteiger partial charge is 0.514 e. The Morgan fingerprint density at radius 3 is 2.51 bits per heavy atom. The molecule has 0 bridgehead atoms. The van der Waals surface area contributed by atoms with Crippen LogP contribution in [-0.2, 0) is 30.3 Å². The summed E-state index contributed by atoms with van der Waals surface area (Å²) in [5, 5.41) is 14.9. The number of nitro benzene ring substituents is 1. The molecule has 2 amide bonds. The first-order chi connectivity index (χ1) is 18.4. The van der Waals surface area contributed by atoms with E-state index >= 15 is 0 Å². The lowest BCUT2D eigenvalue weighted by Gasteiger charge is -2.49. The lowest BCUT2D eigenvalue weighted by molar-refractivity contribution is -0.384. The summed E-state index contributed by atoms with van der Waals surface area (Å²) in [4.78, 5) is 63.3. The van der Waals surface area contributed by atoms with Gasteiger partial charge in [-0.3, -0.25) is 24.6 Å². The van der Waals surface area contributed by atoms with Crippen LogP contribution >= 0.6 is 23.1 Å². The van der Waals surface area contributed by atoms with Gasteiger partial charge in [0.1, 0.15) is 35.1 Å². The summed E-state index contributed by atoms with van der Waals surface area (Å²) in [6.45, 7) is 4.69. The molecule has 0 radical (unpaired) electrons. The van der Waals surface area contributed by atoms with Crippen molar-refractivity contribution in [2.24, 2.45) is 0 Å². The number of nitrogens with zero attached hydrogens (tertiary/aromatic N) is 2. The Morgan fingerprint density at radius 2 is 1.90 bits per heavy atom. The van der Waals surface area contributed by atoms with Crippen LogP contribution in [0.25, 0.3) is 0 Å². The van der Waals surface area contributed by atoms with Crippen LogP contribution in [0.3, 0.4) is 0 Å². The number of carbonyl (C=O) groups is 4. The number of thioether (sulfide) groups is 1. The van der Waals surface area contributed by atoms with Gasteiger partial charge < -0.3 is 19.5 Å². The highest BCUT2D eigenvalue weighted by molar-refractivity contribution is 8.00. The van der Waals surface area contributed by atoms with E-state index < -0.39 is 40.0 Å². The maximum absolute atomic E-state index is 13.1. The summed E-state index contributed by atoms with van der Waals surface area (Å²) in [7, 11) is 0. The van der Waals surface area contributed by atoms with Crippen LogP contribution in [0.5, 0.6) is 5.75 Å². The molecule has 0 unspecified atom stereocenters. The molecule has 206 valence electrons. The van der Waals surface area contributed by atoms with Gasteiger partial charge in [0.15, 0.2) is 0 Å². The lowest BCUT2D eigenvalue weighted by atomic mass is 10.0. The smallest absolute Gasteiger partial charge is 0.455 e. The fourth-order valence-electron chi connectivity index (χ4n) is 3.81. The monoisotopic (exact) mass is 575 g/mol. The second-order valence-corrected chi connectivity index (χ2v) is 11.7. The molecule has 39 heavy (non-hydrogen) atoms. The van der Waals surface area contributed by atoms with E-state index in [4.69, 9.17) is 14.2 Å². The zero-order chi connectivity index (χ0) is 28.3. The lowest BCUT2D eigenvalue weighted by Crippen LogP contribution is -2.70. The summed E-state index contributed by atoms with van der Waals surface area (Å²) in [5.41, 5.74) is -0.724. The van der Waals surface area contributed by atoms with Gasteiger partial charge in [-0.25, -0.2) is 9.59 Å². The van der Waals surface area contributed by atoms with Gasteiger partial charge in [-0.05, 0) is 44.4 Å². The first-order valence-electron chi connectivity index (χ1n) is 11.7. The molecule has 2 aromatic rings. The molecule has 2 atom stereocenters. The Morgan fingerprint density at radius 1 is 1.18 bits per heavy atom. The van der Waals surface area contributed by atoms with Crippen LogP contribution < -0.4 is 10.1 Å². The molecule has 1 aromatic carbocycles. The Bertz CT molecular complexity index is 1320. The summed E-state index contributed by atoms with van der Waals surface area (Å²) in [5.74, 6) is -1.28.